The molecule has 0 spiro atoms. The fourth-order valence-corrected chi connectivity index (χ4v) is 1.15. The molecular weight excluding hydrogens is 140 g/mol. The molecule has 4 heteroatoms. The van der Waals surface area contributed by atoms with E-state index < -0.39 is 0 Å². The van der Waals surface area contributed by atoms with Crippen LogP contribution < -0.4 is 10.2 Å². The van der Waals surface area contributed by atoms with Gasteiger partial charge in [0.15, 0.2) is 5.82 Å². The first-order chi connectivity index (χ1) is 5.27. The average molecular weight is 150 g/mol. The van der Waals surface area contributed by atoms with E-state index in [9.17, 15) is 0 Å². The van der Waals surface area contributed by atoms with Crippen LogP contribution in [0.5, 0.6) is 0 Å². The van der Waals surface area contributed by atoms with Crippen molar-refractivity contribution in [3.05, 3.63) is 12.0 Å². The van der Waals surface area contributed by atoms with Crippen LogP contribution in [0.25, 0.3) is 0 Å². The molecule has 0 saturated carbocycles. The van der Waals surface area contributed by atoms with Crippen LogP contribution in [0.15, 0.2) is 6.20 Å². The average Bonchev–Trinajstić information content (AvgIpc) is 2.33. The Morgan fingerprint density at radius 3 is 3.27 bits per heavy atom. The molecule has 0 aromatic carbocycles. The molecule has 0 fully saturated rings. The predicted octanol–water partition coefficient (Wildman–Crippen LogP) is 0.604. The van der Waals surface area contributed by atoms with Crippen LogP contribution in [-0.4, -0.2) is 23.7 Å². The summed E-state index contributed by atoms with van der Waals surface area (Å²) in [6.45, 7) is 2.72. The summed E-state index contributed by atoms with van der Waals surface area (Å²) in [5.41, 5.74) is 1.03. The van der Waals surface area contributed by atoms with Crippen LogP contribution in [0, 0.1) is 6.92 Å². The Morgan fingerprint density at radius 2 is 2.45 bits per heavy atom. The molecule has 1 aliphatic heterocycles. The van der Waals surface area contributed by atoms with Gasteiger partial charge < -0.3 is 10.2 Å². The highest BCUT2D eigenvalue weighted by atomic mass is 15.3. The Balaban J connectivity index is 2.52. The van der Waals surface area contributed by atoms with Crippen molar-refractivity contribution in [1.29, 1.82) is 0 Å². The van der Waals surface area contributed by atoms with E-state index in [1.807, 2.05) is 20.2 Å². The fourth-order valence-electron chi connectivity index (χ4n) is 1.15. The molecule has 1 aromatic rings. The summed E-state index contributed by atoms with van der Waals surface area (Å²) in [5, 5.41) is 3.18. The van der Waals surface area contributed by atoms with Crippen LogP contribution >= 0.6 is 0 Å². The molecule has 1 aromatic heterocycles. The molecule has 2 rings (SSSR count). The Labute approximate surface area is 65.3 Å². The fraction of sp³-hybridized carbons (Fsp3) is 0.429. The number of aromatic nitrogens is 2. The summed E-state index contributed by atoms with van der Waals surface area (Å²) in [4.78, 5) is 10.4. The van der Waals surface area contributed by atoms with Crippen molar-refractivity contribution in [3.8, 4) is 0 Å². The molecule has 11 heavy (non-hydrogen) atoms. The van der Waals surface area contributed by atoms with Gasteiger partial charge in [-0.05, 0) is 6.92 Å². The molecule has 0 radical (unpaired) electrons. The third kappa shape index (κ3) is 0.906. The van der Waals surface area contributed by atoms with Crippen molar-refractivity contribution < 1.29 is 0 Å². The summed E-state index contributed by atoms with van der Waals surface area (Å²) in [6.07, 6.45) is 1.82. The molecule has 1 aliphatic rings. The minimum Gasteiger partial charge on any atom is -0.363 e. The summed E-state index contributed by atoms with van der Waals surface area (Å²) in [6, 6.07) is 0. The largest absolute Gasteiger partial charge is 0.363 e. The van der Waals surface area contributed by atoms with Gasteiger partial charge in [-0.2, -0.15) is 0 Å². The zero-order chi connectivity index (χ0) is 7.84. The SMILES string of the molecule is Cc1ncc2c(n1)N(C)CN2. The number of hydrogen-bond donors (Lipinski definition) is 1. The number of nitrogens with one attached hydrogen (secondary N) is 1. The monoisotopic (exact) mass is 150 g/mol. The second-order valence-corrected chi connectivity index (χ2v) is 2.69. The van der Waals surface area contributed by atoms with Crippen LogP contribution in [0.4, 0.5) is 11.5 Å². The van der Waals surface area contributed by atoms with Gasteiger partial charge >= 0.3 is 0 Å². The van der Waals surface area contributed by atoms with Crippen molar-refractivity contribution in [2.45, 2.75) is 6.92 Å². The van der Waals surface area contributed by atoms with E-state index in [-0.39, 0.29) is 0 Å². The third-order valence-corrected chi connectivity index (χ3v) is 1.76. The molecule has 4 nitrogen and oxygen atoms in total. The Kier molecular flexibility index (Phi) is 1.21. The summed E-state index contributed by atoms with van der Waals surface area (Å²) in [7, 11) is 2.01. The van der Waals surface area contributed by atoms with E-state index in [0.29, 0.717) is 0 Å². The molecule has 0 amide bonds. The number of fused-ring (bicyclic) bond motifs is 1. The Hall–Kier alpha value is -1.32. The predicted molar refractivity (Wildman–Crippen MR) is 43.7 cm³/mol. The number of anilines is 2. The molecule has 0 aliphatic carbocycles. The van der Waals surface area contributed by atoms with Crippen LogP contribution in [0.3, 0.4) is 0 Å². The number of rotatable bonds is 0. The van der Waals surface area contributed by atoms with Crippen LogP contribution in [0.1, 0.15) is 5.82 Å². The van der Waals surface area contributed by atoms with Gasteiger partial charge in [-0.25, -0.2) is 9.97 Å². The van der Waals surface area contributed by atoms with Gasteiger partial charge in [0.25, 0.3) is 0 Å². The second kappa shape index (κ2) is 2.08. The standard InChI is InChI=1S/C7H10N4/c1-5-8-3-6-7(10-5)11(2)4-9-6/h3,9H,4H2,1-2H3. The van der Waals surface area contributed by atoms with E-state index >= 15 is 0 Å². The lowest BCUT2D eigenvalue weighted by Gasteiger charge is -2.07. The van der Waals surface area contributed by atoms with Crippen LogP contribution in [0.2, 0.25) is 0 Å². The van der Waals surface area contributed by atoms with Crippen molar-refractivity contribution in [2.75, 3.05) is 23.9 Å². The highest BCUT2D eigenvalue weighted by molar-refractivity contribution is 5.69. The maximum Gasteiger partial charge on any atom is 0.156 e. The lowest BCUT2D eigenvalue weighted by molar-refractivity contribution is 0.979. The molecule has 0 atom stereocenters. The number of nitrogens with zero attached hydrogens (tertiary/aromatic N) is 3. The van der Waals surface area contributed by atoms with Crippen molar-refractivity contribution in [1.82, 2.24) is 9.97 Å². The van der Waals surface area contributed by atoms with Crippen molar-refractivity contribution in [3.63, 3.8) is 0 Å². The first-order valence-electron chi connectivity index (χ1n) is 3.56. The summed E-state index contributed by atoms with van der Waals surface area (Å²) >= 11 is 0. The van der Waals surface area contributed by atoms with Gasteiger partial charge in [-0.3, -0.25) is 0 Å². The minimum absolute atomic E-state index is 0.819. The van der Waals surface area contributed by atoms with E-state index in [1.54, 1.807) is 0 Å². The Morgan fingerprint density at radius 1 is 1.64 bits per heavy atom. The van der Waals surface area contributed by atoms with E-state index in [4.69, 9.17) is 0 Å². The number of hydrogen-bond acceptors (Lipinski definition) is 4. The number of aryl methyl sites for hydroxylation is 1. The topological polar surface area (TPSA) is 41.1 Å². The first-order valence-corrected chi connectivity index (χ1v) is 3.56. The Bertz CT molecular complexity index is 284. The van der Waals surface area contributed by atoms with Gasteiger partial charge in [0.05, 0.1) is 18.6 Å². The van der Waals surface area contributed by atoms with Crippen molar-refractivity contribution in [2.24, 2.45) is 0 Å². The van der Waals surface area contributed by atoms with Gasteiger partial charge in [-0.15, -0.1) is 0 Å². The van der Waals surface area contributed by atoms with Crippen LogP contribution in [-0.2, 0) is 0 Å². The van der Waals surface area contributed by atoms with E-state index in [1.165, 1.54) is 0 Å². The molecule has 1 N–H and O–H groups in total. The van der Waals surface area contributed by atoms with Gasteiger partial charge in [0.1, 0.15) is 5.82 Å². The maximum atomic E-state index is 4.29. The summed E-state index contributed by atoms with van der Waals surface area (Å²) in [5.74, 6) is 1.82. The zero-order valence-electron chi connectivity index (χ0n) is 6.63. The minimum atomic E-state index is 0.819. The van der Waals surface area contributed by atoms with E-state index in [2.05, 4.69) is 20.2 Å². The van der Waals surface area contributed by atoms with Gasteiger partial charge in [-0.1, -0.05) is 0 Å². The molecular formula is C7H10N4. The summed E-state index contributed by atoms with van der Waals surface area (Å²) < 4.78 is 0. The van der Waals surface area contributed by atoms with Gasteiger partial charge in [0, 0.05) is 7.05 Å². The normalized spacial score (nSPS) is 14.5. The smallest absolute Gasteiger partial charge is 0.156 e. The first kappa shape index (κ1) is 6.39. The quantitative estimate of drug-likeness (QED) is 0.588. The molecule has 58 valence electrons. The lowest BCUT2D eigenvalue weighted by atomic mass is 10.5. The van der Waals surface area contributed by atoms with Crippen molar-refractivity contribution >= 4 is 11.5 Å². The highest BCUT2D eigenvalue weighted by Gasteiger charge is 2.15. The molecule has 0 unspecified atom stereocenters. The molecule has 0 saturated heterocycles. The molecule has 2 heterocycles. The maximum absolute atomic E-state index is 4.29. The molecule has 0 bridgehead atoms. The van der Waals surface area contributed by atoms with Gasteiger partial charge in [0.2, 0.25) is 0 Å². The third-order valence-electron chi connectivity index (χ3n) is 1.76. The zero-order valence-corrected chi connectivity index (χ0v) is 6.63. The highest BCUT2D eigenvalue weighted by Crippen LogP contribution is 2.25. The second-order valence-electron chi connectivity index (χ2n) is 2.69. The lowest BCUT2D eigenvalue weighted by Crippen LogP contribution is -2.16. The van der Waals surface area contributed by atoms with E-state index in [0.717, 1.165) is 24.0 Å².